The van der Waals surface area contributed by atoms with Gasteiger partial charge in [0.2, 0.25) is 0 Å². The molecule has 3 aromatic rings. The van der Waals surface area contributed by atoms with Gasteiger partial charge in [-0.15, -0.1) is 0 Å². The van der Waals surface area contributed by atoms with E-state index in [0.29, 0.717) is 36.6 Å². The summed E-state index contributed by atoms with van der Waals surface area (Å²) in [5.41, 5.74) is 2.37. The molecule has 0 radical (unpaired) electrons. The third kappa shape index (κ3) is 6.70. The molecule has 1 N–H and O–H groups in total. The molecule has 7 heteroatoms. The minimum absolute atomic E-state index is 0.101. The number of methoxy groups -OCH3 is 1. The number of nitrogens with one attached hydrogen (secondary N) is 1. The van der Waals surface area contributed by atoms with Gasteiger partial charge in [-0.05, 0) is 47.9 Å². The molecule has 0 unspecified atom stereocenters. The van der Waals surface area contributed by atoms with Crippen LogP contribution < -0.4 is 19.5 Å². The van der Waals surface area contributed by atoms with E-state index >= 15 is 0 Å². The molecule has 0 aromatic heterocycles. The predicted octanol–water partition coefficient (Wildman–Crippen LogP) is 4.85. The summed E-state index contributed by atoms with van der Waals surface area (Å²) < 4.78 is 39.9. The third-order valence-electron chi connectivity index (χ3n) is 4.51. The molecule has 162 valence electrons. The summed E-state index contributed by atoms with van der Waals surface area (Å²) in [6.45, 7) is -2.07. The summed E-state index contributed by atoms with van der Waals surface area (Å²) >= 11 is 0. The Morgan fingerprint density at radius 3 is 2.35 bits per heavy atom. The van der Waals surface area contributed by atoms with Gasteiger partial charge in [-0.2, -0.15) is 8.78 Å². The second kappa shape index (κ2) is 11.0. The van der Waals surface area contributed by atoms with Crippen LogP contribution in [0.25, 0.3) is 0 Å². The van der Waals surface area contributed by atoms with Crippen LogP contribution in [0.5, 0.6) is 17.2 Å². The van der Waals surface area contributed by atoms with Crippen LogP contribution in [0, 0.1) is 0 Å². The van der Waals surface area contributed by atoms with Crippen LogP contribution in [0.2, 0.25) is 0 Å². The lowest BCUT2D eigenvalue weighted by Gasteiger charge is -2.12. The zero-order valence-electron chi connectivity index (χ0n) is 17.0. The van der Waals surface area contributed by atoms with Crippen molar-refractivity contribution in [3.63, 3.8) is 0 Å². The first kappa shape index (κ1) is 22.1. The zero-order valence-corrected chi connectivity index (χ0v) is 17.0. The summed E-state index contributed by atoms with van der Waals surface area (Å²) in [5, 5.41) is 2.84. The van der Waals surface area contributed by atoms with Crippen molar-refractivity contribution >= 4 is 5.91 Å². The summed E-state index contributed by atoms with van der Waals surface area (Å²) in [6.07, 6.45) is 0.552. The normalized spacial score (nSPS) is 10.6. The van der Waals surface area contributed by atoms with Crippen LogP contribution in [0.15, 0.2) is 72.8 Å². The van der Waals surface area contributed by atoms with E-state index in [0.717, 1.165) is 11.1 Å². The maximum absolute atomic E-state index is 12.5. The number of ether oxygens (including phenoxy) is 3. The van der Waals surface area contributed by atoms with E-state index in [2.05, 4.69) is 10.1 Å². The maximum Gasteiger partial charge on any atom is 0.387 e. The summed E-state index contributed by atoms with van der Waals surface area (Å²) in [5.74, 6) is 0.877. The molecule has 0 aliphatic rings. The molecule has 3 aromatic carbocycles. The highest BCUT2D eigenvalue weighted by molar-refractivity contribution is 5.94. The van der Waals surface area contributed by atoms with Gasteiger partial charge in [0.25, 0.3) is 5.91 Å². The lowest BCUT2D eigenvalue weighted by atomic mass is 10.1. The van der Waals surface area contributed by atoms with E-state index in [1.165, 1.54) is 19.2 Å². The smallest absolute Gasteiger partial charge is 0.387 e. The van der Waals surface area contributed by atoms with Crippen molar-refractivity contribution in [2.45, 2.75) is 19.6 Å². The summed E-state index contributed by atoms with van der Waals surface area (Å²) in [4.78, 5) is 12.5. The van der Waals surface area contributed by atoms with E-state index in [-0.39, 0.29) is 11.7 Å². The molecule has 0 aliphatic heterocycles. The Labute approximate surface area is 179 Å². The van der Waals surface area contributed by atoms with Crippen LogP contribution in [-0.2, 0) is 13.0 Å². The zero-order chi connectivity index (χ0) is 22.1. The standard InChI is InChI=1S/C24H23F2NO4/c1-29-22-15-19(9-12-21(22)30-16-18-5-3-2-4-6-18)23(28)27-14-13-17-7-10-20(11-8-17)31-24(25)26/h2-12,15,24H,13-14,16H2,1H3,(H,27,28). The minimum Gasteiger partial charge on any atom is -0.493 e. The SMILES string of the molecule is COc1cc(C(=O)NCCc2ccc(OC(F)F)cc2)ccc1OCc1ccccc1. The summed E-state index contributed by atoms with van der Waals surface area (Å²) in [6, 6.07) is 21.1. The van der Waals surface area contributed by atoms with Gasteiger partial charge in [0, 0.05) is 12.1 Å². The molecule has 5 nitrogen and oxygen atoms in total. The molecule has 31 heavy (non-hydrogen) atoms. The van der Waals surface area contributed by atoms with Gasteiger partial charge in [0.1, 0.15) is 12.4 Å². The fourth-order valence-corrected chi connectivity index (χ4v) is 2.92. The molecule has 0 atom stereocenters. The Bertz CT molecular complexity index is 979. The first-order chi connectivity index (χ1) is 15.0. The molecule has 0 saturated heterocycles. The van der Waals surface area contributed by atoms with Gasteiger partial charge in [-0.1, -0.05) is 42.5 Å². The molecule has 3 rings (SSSR count). The van der Waals surface area contributed by atoms with E-state index in [1.807, 2.05) is 30.3 Å². The molecule has 0 aliphatic carbocycles. The van der Waals surface area contributed by atoms with E-state index in [4.69, 9.17) is 9.47 Å². The van der Waals surface area contributed by atoms with Crippen LogP contribution >= 0.6 is 0 Å². The van der Waals surface area contributed by atoms with Crippen molar-refractivity contribution in [3.05, 3.63) is 89.5 Å². The molecule has 1 amide bonds. The second-order valence-corrected chi connectivity index (χ2v) is 6.67. The van der Waals surface area contributed by atoms with Crippen LogP contribution in [0.3, 0.4) is 0 Å². The number of alkyl halides is 2. The molecule has 0 bridgehead atoms. The van der Waals surface area contributed by atoms with Gasteiger partial charge in [0.05, 0.1) is 7.11 Å². The molecular formula is C24H23F2NO4. The predicted molar refractivity (Wildman–Crippen MR) is 113 cm³/mol. The second-order valence-electron chi connectivity index (χ2n) is 6.67. The first-order valence-electron chi connectivity index (χ1n) is 9.72. The Morgan fingerprint density at radius 1 is 0.935 bits per heavy atom. The quantitative estimate of drug-likeness (QED) is 0.503. The highest BCUT2D eigenvalue weighted by atomic mass is 19.3. The average Bonchev–Trinajstić information content (AvgIpc) is 2.79. The lowest BCUT2D eigenvalue weighted by Crippen LogP contribution is -2.25. The van der Waals surface area contributed by atoms with Crippen molar-refractivity contribution in [1.29, 1.82) is 0 Å². The third-order valence-corrected chi connectivity index (χ3v) is 4.51. The Balaban J connectivity index is 1.52. The fourth-order valence-electron chi connectivity index (χ4n) is 2.92. The van der Waals surface area contributed by atoms with E-state index in [9.17, 15) is 13.6 Å². The van der Waals surface area contributed by atoms with Gasteiger partial charge >= 0.3 is 6.61 Å². The largest absolute Gasteiger partial charge is 0.493 e. The minimum atomic E-state index is -2.85. The average molecular weight is 427 g/mol. The number of carbonyl (C=O) groups excluding carboxylic acids is 1. The van der Waals surface area contributed by atoms with Gasteiger partial charge < -0.3 is 19.5 Å². The number of amides is 1. The number of hydrogen-bond donors (Lipinski definition) is 1. The van der Waals surface area contributed by atoms with Crippen LogP contribution in [0.4, 0.5) is 8.78 Å². The van der Waals surface area contributed by atoms with E-state index in [1.54, 1.807) is 30.3 Å². The first-order valence-corrected chi connectivity index (χ1v) is 9.72. The number of hydrogen-bond acceptors (Lipinski definition) is 4. The van der Waals surface area contributed by atoms with Gasteiger partial charge in [0.15, 0.2) is 11.5 Å². The molecule has 0 spiro atoms. The van der Waals surface area contributed by atoms with Crippen molar-refractivity contribution in [2.24, 2.45) is 0 Å². The lowest BCUT2D eigenvalue weighted by molar-refractivity contribution is -0.0498. The van der Waals surface area contributed by atoms with Gasteiger partial charge in [-0.3, -0.25) is 4.79 Å². The monoisotopic (exact) mass is 427 g/mol. The van der Waals surface area contributed by atoms with Crippen molar-refractivity contribution in [1.82, 2.24) is 5.32 Å². The van der Waals surface area contributed by atoms with Crippen LogP contribution in [-0.4, -0.2) is 26.2 Å². The number of rotatable bonds is 10. The molecule has 0 heterocycles. The van der Waals surface area contributed by atoms with Crippen molar-refractivity contribution in [3.8, 4) is 17.2 Å². The molecule has 0 fully saturated rings. The van der Waals surface area contributed by atoms with Gasteiger partial charge in [-0.25, -0.2) is 0 Å². The van der Waals surface area contributed by atoms with Crippen molar-refractivity contribution in [2.75, 3.05) is 13.7 Å². The highest BCUT2D eigenvalue weighted by Crippen LogP contribution is 2.29. The Hall–Kier alpha value is -3.61. The number of carbonyl (C=O) groups is 1. The molecular weight excluding hydrogens is 404 g/mol. The Morgan fingerprint density at radius 2 is 1.68 bits per heavy atom. The summed E-state index contributed by atoms with van der Waals surface area (Å²) in [7, 11) is 1.52. The number of halogens is 2. The Kier molecular flexibility index (Phi) is 7.81. The van der Waals surface area contributed by atoms with E-state index < -0.39 is 6.61 Å². The maximum atomic E-state index is 12.5. The molecule has 0 saturated carbocycles. The number of benzene rings is 3. The van der Waals surface area contributed by atoms with Crippen LogP contribution in [0.1, 0.15) is 21.5 Å². The van der Waals surface area contributed by atoms with Crippen molar-refractivity contribution < 1.29 is 27.8 Å². The highest BCUT2D eigenvalue weighted by Gasteiger charge is 2.11. The fraction of sp³-hybridized carbons (Fsp3) is 0.208. The topological polar surface area (TPSA) is 56.8 Å².